The van der Waals surface area contributed by atoms with Crippen molar-refractivity contribution < 1.29 is 5.11 Å². The standard InChI is InChI=1S/C19H25NO/c1-15(19(21)17-11-6-3-7-12-17)20-14-8-13-18(20)16-9-4-2-5-10-16/h3,6-8,11-16,19,21H,2,4-5,9-10H2,1H3/t15-,19-/m0/s1. The Kier molecular flexibility index (Phi) is 4.45. The lowest BCUT2D eigenvalue weighted by molar-refractivity contribution is 0.119. The van der Waals surface area contributed by atoms with Gasteiger partial charge in [-0.1, -0.05) is 49.6 Å². The highest BCUT2D eigenvalue weighted by Gasteiger charge is 2.24. The van der Waals surface area contributed by atoms with Crippen LogP contribution in [-0.4, -0.2) is 9.67 Å². The Morgan fingerprint density at radius 3 is 2.43 bits per heavy atom. The van der Waals surface area contributed by atoms with Gasteiger partial charge in [0.05, 0.1) is 12.1 Å². The molecule has 1 N–H and O–H groups in total. The first kappa shape index (κ1) is 14.4. The number of aromatic nitrogens is 1. The van der Waals surface area contributed by atoms with E-state index in [-0.39, 0.29) is 6.04 Å². The SMILES string of the molecule is C[C@@H]([C@H](O)c1ccccc1)n1cccc1C1CCCCC1. The van der Waals surface area contributed by atoms with Crippen LogP contribution in [0, 0.1) is 0 Å². The molecular formula is C19H25NO. The van der Waals surface area contributed by atoms with E-state index in [4.69, 9.17) is 0 Å². The number of nitrogens with zero attached hydrogens (tertiary/aromatic N) is 1. The van der Waals surface area contributed by atoms with Crippen LogP contribution in [0.25, 0.3) is 0 Å². The second-order valence-electron chi connectivity index (χ2n) is 6.27. The molecule has 1 aromatic carbocycles. The van der Waals surface area contributed by atoms with E-state index in [1.807, 2.05) is 30.3 Å². The lowest BCUT2D eigenvalue weighted by Gasteiger charge is -2.28. The molecule has 0 unspecified atom stereocenters. The molecule has 1 fully saturated rings. The van der Waals surface area contributed by atoms with Crippen molar-refractivity contribution in [1.29, 1.82) is 0 Å². The van der Waals surface area contributed by atoms with Gasteiger partial charge in [-0.25, -0.2) is 0 Å². The molecule has 0 amide bonds. The molecule has 112 valence electrons. The summed E-state index contributed by atoms with van der Waals surface area (Å²) in [6.07, 6.45) is 8.30. The Morgan fingerprint density at radius 2 is 1.71 bits per heavy atom. The number of rotatable bonds is 4. The third-order valence-corrected chi connectivity index (χ3v) is 4.87. The minimum absolute atomic E-state index is 0.0688. The molecular weight excluding hydrogens is 258 g/mol. The normalized spacial score (nSPS) is 19.3. The van der Waals surface area contributed by atoms with E-state index >= 15 is 0 Å². The summed E-state index contributed by atoms with van der Waals surface area (Å²) < 4.78 is 2.29. The fourth-order valence-corrected chi connectivity index (χ4v) is 3.60. The first-order valence-electron chi connectivity index (χ1n) is 8.17. The molecule has 21 heavy (non-hydrogen) atoms. The molecule has 1 aliphatic rings. The maximum Gasteiger partial charge on any atom is 0.0994 e. The topological polar surface area (TPSA) is 25.2 Å². The van der Waals surface area contributed by atoms with Crippen molar-refractivity contribution in [3.63, 3.8) is 0 Å². The molecule has 2 nitrogen and oxygen atoms in total. The largest absolute Gasteiger partial charge is 0.386 e. The quantitative estimate of drug-likeness (QED) is 0.854. The van der Waals surface area contributed by atoms with Crippen molar-refractivity contribution in [2.75, 3.05) is 0 Å². The Hall–Kier alpha value is -1.54. The average molecular weight is 283 g/mol. The highest BCUT2D eigenvalue weighted by atomic mass is 16.3. The van der Waals surface area contributed by atoms with Gasteiger partial charge in [0.2, 0.25) is 0 Å². The first-order chi connectivity index (χ1) is 10.3. The van der Waals surface area contributed by atoms with Gasteiger partial charge in [0.15, 0.2) is 0 Å². The molecule has 1 aliphatic carbocycles. The van der Waals surface area contributed by atoms with E-state index in [0.29, 0.717) is 5.92 Å². The fraction of sp³-hybridized carbons (Fsp3) is 0.474. The van der Waals surface area contributed by atoms with Crippen molar-refractivity contribution in [3.05, 3.63) is 59.9 Å². The molecule has 2 heteroatoms. The van der Waals surface area contributed by atoms with Crippen LogP contribution in [-0.2, 0) is 0 Å². The Bertz CT molecular complexity index is 554. The summed E-state index contributed by atoms with van der Waals surface area (Å²) in [6, 6.07) is 14.4. The van der Waals surface area contributed by atoms with Crippen LogP contribution in [0.1, 0.15) is 68.3 Å². The predicted octanol–water partition coefficient (Wildman–Crippen LogP) is 4.83. The lowest BCUT2D eigenvalue weighted by Crippen LogP contribution is -2.18. The van der Waals surface area contributed by atoms with Crippen LogP contribution in [0.5, 0.6) is 0 Å². The summed E-state index contributed by atoms with van der Waals surface area (Å²) >= 11 is 0. The summed E-state index contributed by atoms with van der Waals surface area (Å²) in [5.41, 5.74) is 2.39. The highest BCUT2D eigenvalue weighted by molar-refractivity contribution is 5.21. The molecule has 2 atom stereocenters. The van der Waals surface area contributed by atoms with Gasteiger partial charge in [0, 0.05) is 11.9 Å². The molecule has 0 aliphatic heterocycles. The number of hydrogen-bond donors (Lipinski definition) is 1. The smallest absolute Gasteiger partial charge is 0.0994 e. The van der Waals surface area contributed by atoms with Gasteiger partial charge in [-0.3, -0.25) is 0 Å². The molecule has 1 heterocycles. The molecule has 0 saturated heterocycles. The maximum atomic E-state index is 10.7. The third-order valence-electron chi connectivity index (χ3n) is 4.87. The van der Waals surface area contributed by atoms with Gasteiger partial charge >= 0.3 is 0 Å². The molecule has 3 rings (SSSR count). The van der Waals surface area contributed by atoms with Crippen LogP contribution >= 0.6 is 0 Å². The molecule has 1 aromatic heterocycles. The fourth-order valence-electron chi connectivity index (χ4n) is 3.60. The highest BCUT2D eigenvalue weighted by Crippen LogP contribution is 2.36. The second-order valence-corrected chi connectivity index (χ2v) is 6.27. The summed E-state index contributed by atoms with van der Waals surface area (Å²) in [5, 5.41) is 10.7. The van der Waals surface area contributed by atoms with E-state index < -0.39 is 6.10 Å². The summed E-state index contributed by atoms with van der Waals surface area (Å²) in [5.74, 6) is 0.666. The van der Waals surface area contributed by atoms with E-state index in [9.17, 15) is 5.11 Å². The first-order valence-corrected chi connectivity index (χ1v) is 8.17. The van der Waals surface area contributed by atoms with Gasteiger partial charge in [-0.05, 0) is 43.4 Å². The van der Waals surface area contributed by atoms with Gasteiger partial charge in [0.25, 0.3) is 0 Å². The monoisotopic (exact) mass is 283 g/mol. The van der Waals surface area contributed by atoms with Gasteiger partial charge in [-0.15, -0.1) is 0 Å². The van der Waals surface area contributed by atoms with Gasteiger partial charge < -0.3 is 9.67 Å². The third kappa shape index (κ3) is 3.06. The summed E-state index contributed by atoms with van der Waals surface area (Å²) in [6.45, 7) is 2.12. The molecule has 2 aromatic rings. The van der Waals surface area contributed by atoms with Crippen LogP contribution in [0.4, 0.5) is 0 Å². The van der Waals surface area contributed by atoms with Crippen LogP contribution in [0.3, 0.4) is 0 Å². The van der Waals surface area contributed by atoms with Gasteiger partial charge in [-0.2, -0.15) is 0 Å². The number of aliphatic hydroxyl groups is 1. The van der Waals surface area contributed by atoms with Crippen LogP contribution in [0.15, 0.2) is 48.7 Å². The van der Waals surface area contributed by atoms with Crippen LogP contribution < -0.4 is 0 Å². The van der Waals surface area contributed by atoms with Crippen molar-refractivity contribution in [2.45, 2.75) is 57.1 Å². The van der Waals surface area contributed by atoms with E-state index in [1.54, 1.807) is 0 Å². The van der Waals surface area contributed by atoms with E-state index in [0.717, 1.165) is 5.56 Å². The lowest BCUT2D eigenvalue weighted by atomic mass is 9.86. The Labute approximate surface area is 127 Å². The number of hydrogen-bond acceptors (Lipinski definition) is 1. The minimum Gasteiger partial charge on any atom is -0.386 e. The molecule has 1 saturated carbocycles. The molecule has 0 spiro atoms. The maximum absolute atomic E-state index is 10.7. The van der Waals surface area contributed by atoms with Crippen molar-refractivity contribution in [3.8, 4) is 0 Å². The van der Waals surface area contributed by atoms with Crippen LogP contribution in [0.2, 0.25) is 0 Å². The van der Waals surface area contributed by atoms with E-state index in [1.165, 1.54) is 37.8 Å². The van der Waals surface area contributed by atoms with E-state index in [2.05, 4.69) is 29.8 Å². The number of aliphatic hydroxyl groups excluding tert-OH is 1. The zero-order chi connectivity index (χ0) is 14.7. The van der Waals surface area contributed by atoms with Crippen molar-refractivity contribution in [1.82, 2.24) is 4.57 Å². The summed E-state index contributed by atoms with van der Waals surface area (Å²) in [7, 11) is 0. The minimum atomic E-state index is -0.457. The number of benzene rings is 1. The van der Waals surface area contributed by atoms with Gasteiger partial charge in [0.1, 0.15) is 0 Å². The molecule has 0 radical (unpaired) electrons. The average Bonchev–Trinajstić information content (AvgIpc) is 3.04. The zero-order valence-corrected chi connectivity index (χ0v) is 12.8. The van der Waals surface area contributed by atoms with Crippen molar-refractivity contribution >= 4 is 0 Å². The Morgan fingerprint density at radius 1 is 1.00 bits per heavy atom. The second kappa shape index (κ2) is 6.48. The predicted molar refractivity (Wildman–Crippen MR) is 86.4 cm³/mol. The summed E-state index contributed by atoms with van der Waals surface area (Å²) in [4.78, 5) is 0. The Balaban J connectivity index is 1.81. The van der Waals surface area contributed by atoms with Crippen molar-refractivity contribution in [2.24, 2.45) is 0 Å². The zero-order valence-electron chi connectivity index (χ0n) is 12.8. The molecule has 0 bridgehead atoms.